The van der Waals surface area contributed by atoms with Crippen LogP contribution < -0.4 is 0 Å². The lowest BCUT2D eigenvalue weighted by atomic mass is 9.81. The molecule has 0 aliphatic carbocycles. The van der Waals surface area contributed by atoms with Crippen LogP contribution in [0.4, 0.5) is 0 Å². The Bertz CT molecular complexity index is 392. The van der Waals surface area contributed by atoms with Crippen LogP contribution in [0.25, 0.3) is 0 Å². The first-order valence-corrected chi connectivity index (χ1v) is 7.81. The molecule has 2 fully saturated rings. The molecule has 0 aromatic heterocycles. The lowest BCUT2D eigenvalue weighted by Crippen LogP contribution is -2.61. The fourth-order valence-corrected chi connectivity index (χ4v) is 3.29. The quantitative estimate of drug-likeness (QED) is 0.258. The number of methoxy groups -OCH3 is 1. The summed E-state index contributed by atoms with van der Waals surface area (Å²) in [5.41, 5.74) is 0. The molecule has 10 heteroatoms. The number of hydrogen-bond donors (Lipinski definition) is 7. The summed E-state index contributed by atoms with van der Waals surface area (Å²) in [5.74, 6) is -0.821. The van der Waals surface area contributed by atoms with E-state index in [1.54, 1.807) is 0 Å². The molecule has 0 saturated carbocycles. The third-order valence-electron chi connectivity index (χ3n) is 4.76. The molecule has 0 radical (unpaired) electrons. The zero-order valence-corrected chi connectivity index (χ0v) is 13.3. The van der Waals surface area contributed by atoms with Crippen LogP contribution in [-0.2, 0) is 14.2 Å². The summed E-state index contributed by atoms with van der Waals surface area (Å²) in [6.45, 7) is -1.03. The van der Waals surface area contributed by atoms with Gasteiger partial charge < -0.3 is 50.0 Å². The summed E-state index contributed by atoms with van der Waals surface area (Å²) in [6, 6.07) is 0. The molecular weight excluding hydrogens is 328 g/mol. The Morgan fingerprint density at radius 2 is 1.29 bits per heavy atom. The second-order valence-corrected chi connectivity index (χ2v) is 6.21. The largest absolute Gasteiger partial charge is 0.394 e. The summed E-state index contributed by atoms with van der Waals surface area (Å²) >= 11 is 0. The second-order valence-electron chi connectivity index (χ2n) is 6.21. The van der Waals surface area contributed by atoms with Gasteiger partial charge in [-0.25, -0.2) is 0 Å². The first kappa shape index (κ1) is 19.9. The molecule has 7 N–H and O–H groups in total. The van der Waals surface area contributed by atoms with Crippen LogP contribution in [0.5, 0.6) is 0 Å². The lowest BCUT2D eigenvalue weighted by Gasteiger charge is -2.45. The molecule has 2 aliphatic rings. The Hall–Kier alpha value is -0.400. The molecule has 142 valence electrons. The Morgan fingerprint density at radius 1 is 0.708 bits per heavy atom. The molecule has 0 spiro atoms. The van der Waals surface area contributed by atoms with Gasteiger partial charge in [0.15, 0.2) is 6.29 Å². The minimum Gasteiger partial charge on any atom is -0.394 e. The molecule has 0 amide bonds. The topological polar surface area (TPSA) is 169 Å². The fourth-order valence-electron chi connectivity index (χ4n) is 3.29. The van der Waals surface area contributed by atoms with Gasteiger partial charge in [0.05, 0.1) is 31.5 Å². The average molecular weight is 354 g/mol. The van der Waals surface area contributed by atoms with Gasteiger partial charge in [-0.1, -0.05) is 0 Å². The minimum atomic E-state index is -1.54. The van der Waals surface area contributed by atoms with Crippen LogP contribution in [0.3, 0.4) is 0 Å². The molecule has 6 unspecified atom stereocenters. The summed E-state index contributed by atoms with van der Waals surface area (Å²) in [4.78, 5) is 0. The van der Waals surface area contributed by atoms with Gasteiger partial charge in [0, 0.05) is 13.0 Å². The zero-order valence-electron chi connectivity index (χ0n) is 13.3. The van der Waals surface area contributed by atoms with Crippen LogP contribution in [-0.4, -0.2) is 111 Å². The lowest BCUT2D eigenvalue weighted by molar-refractivity contribution is -0.293. The number of hydrogen-bond acceptors (Lipinski definition) is 10. The third-order valence-corrected chi connectivity index (χ3v) is 4.76. The highest BCUT2D eigenvalue weighted by Gasteiger charge is 2.49. The molecule has 2 saturated heterocycles. The van der Waals surface area contributed by atoms with Gasteiger partial charge >= 0.3 is 0 Å². The van der Waals surface area contributed by atoms with Gasteiger partial charge in [-0.2, -0.15) is 0 Å². The van der Waals surface area contributed by atoms with E-state index in [4.69, 9.17) is 14.2 Å². The fraction of sp³-hybridized carbons (Fsp3) is 1.00. The van der Waals surface area contributed by atoms with Gasteiger partial charge in [-0.3, -0.25) is 0 Å². The van der Waals surface area contributed by atoms with Gasteiger partial charge in [-0.05, 0) is 6.42 Å². The average Bonchev–Trinajstić information content (AvgIpc) is 2.59. The molecule has 2 rings (SSSR count). The smallest absolute Gasteiger partial charge is 0.186 e. The van der Waals surface area contributed by atoms with Crippen LogP contribution >= 0.6 is 0 Å². The van der Waals surface area contributed by atoms with E-state index in [0.717, 1.165) is 0 Å². The second kappa shape index (κ2) is 8.32. The Morgan fingerprint density at radius 3 is 1.83 bits per heavy atom. The molecular formula is C14H26O10. The van der Waals surface area contributed by atoms with Crippen LogP contribution in [0.1, 0.15) is 6.42 Å². The molecule has 0 aromatic carbocycles. The highest BCUT2D eigenvalue weighted by atomic mass is 16.7. The van der Waals surface area contributed by atoms with Crippen molar-refractivity contribution in [2.75, 3.05) is 20.3 Å². The summed E-state index contributed by atoms with van der Waals surface area (Å²) < 4.78 is 15.7. The first-order valence-electron chi connectivity index (χ1n) is 7.81. The van der Waals surface area contributed by atoms with Crippen LogP contribution in [0.2, 0.25) is 0 Å². The number of aliphatic hydroxyl groups excluding tert-OH is 7. The maximum Gasteiger partial charge on any atom is 0.186 e. The van der Waals surface area contributed by atoms with E-state index in [0.29, 0.717) is 0 Å². The van der Waals surface area contributed by atoms with Crippen molar-refractivity contribution in [1.29, 1.82) is 0 Å². The molecule has 2 heterocycles. The summed E-state index contributed by atoms with van der Waals surface area (Å²) in [6.07, 6.45) is -11.4. The summed E-state index contributed by atoms with van der Waals surface area (Å²) in [5, 5.41) is 68.6. The number of aliphatic hydroxyl groups is 7. The van der Waals surface area contributed by atoms with E-state index in [1.807, 2.05) is 0 Å². The maximum atomic E-state index is 10.3. The van der Waals surface area contributed by atoms with Gasteiger partial charge in [0.25, 0.3) is 0 Å². The molecule has 24 heavy (non-hydrogen) atoms. The third kappa shape index (κ3) is 3.73. The van der Waals surface area contributed by atoms with E-state index in [2.05, 4.69) is 0 Å². The normalized spacial score (nSPS) is 50.0. The number of rotatable bonds is 5. The Kier molecular flexibility index (Phi) is 6.90. The van der Waals surface area contributed by atoms with Crippen LogP contribution in [0, 0.1) is 5.92 Å². The molecule has 10 atom stereocenters. The Labute approximate surface area is 138 Å². The van der Waals surface area contributed by atoms with Gasteiger partial charge in [0.1, 0.15) is 30.5 Å². The molecule has 10 nitrogen and oxygen atoms in total. The standard InChI is InChI=1S/C14H26O10/c1-22-14-13(21)9(17)5(7(3-15)24-14)2-6-10(18)12(20)11(19)8(4-16)23-6/h5-21H,2-4H2,1H3/t5-,6+,7?,8?,9?,10?,11-,12?,13?,14+/m1/s1. The van der Waals surface area contributed by atoms with Crippen molar-refractivity contribution in [3.63, 3.8) is 0 Å². The highest BCUT2D eigenvalue weighted by Crippen LogP contribution is 2.33. The zero-order chi connectivity index (χ0) is 18.0. The van der Waals surface area contributed by atoms with Crippen molar-refractivity contribution in [1.82, 2.24) is 0 Å². The Balaban J connectivity index is 2.12. The van der Waals surface area contributed by atoms with Gasteiger partial charge in [-0.15, -0.1) is 0 Å². The predicted molar refractivity (Wildman–Crippen MR) is 76.6 cm³/mol. The molecule has 0 aromatic rings. The van der Waals surface area contributed by atoms with E-state index >= 15 is 0 Å². The van der Waals surface area contributed by atoms with E-state index in [9.17, 15) is 35.7 Å². The maximum absolute atomic E-state index is 10.3. The SMILES string of the molecule is CO[C@H]1OC(CO)[C@@H](C[C@@H]2OC(CO)[C@@H](O)C(O)C2O)C(O)C1O. The van der Waals surface area contributed by atoms with Gasteiger partial charge in [0.2, 0.25) is 0 Å². The van der Waals surface area contributed by atoms with Crippen molar-refractivity contribution in [2.45, 2.75) is 61.5 Å². The van der Waals surface area contributed by atoms with Crippen molar-refractivity contribution >= 4 is 0 Å². The minimum absolute atomic E-state index is 0.0820. The number of ether oxygens (including phenoxy) is 3. The first-order chi connectivity index (χ1) is 11.3. The van der Waals surface area contributed by atoms with Crippen molar-refractivity contribution in [3.05, 3.63) is 0 Å². The van der Waals surface area contributed by atoms with Crippen LogP contribution in [0.15, 0.2) is 0 Å². The van der Waals surface area contributed by atoms with Crippen molar-refractivity contribution in [2.24, 2.45) is 5.92 Å². The van der Waals surface area contributed by atoms with E-state index < -0.39 is 74.3 Å². The monoisotopic (exact) mass is 354 g/mol. The molecule has 0 bridgehead atoms. The van der Waals surface area contributed by atoms with Crippen molar-refractivity contribution < 1.29 is 50.0 Å². The van der Waals surface area contributed by atoms with E-state index in [1.165, 1.54) is 7.11 Å². The highest BCUT2D eigenvalue weighted by molar-refractivity contribution is 4.96. The predicted octanol–water partition coefficient (Wildman–Crippen LogP) is -4.08. The van der Waals surface area contributed by atoms with E-state index in [-0.39, 0.29) is 6.42 Å². The molecule has 2 aliphatic heterocycles. The van der Waals surface area contributed by atoms with Crippen molar-refractivity contribution in [3.8, 4) is 0 Å². The summed E-state index contributed by atoms with van der Waals surface area (Å²) in [7, 11) is 1.28.